The molecule has 1 aliphatic rings. The number of hydrogen-bond donors (Lipinski definition) is 1. The van der Waals surface area contributed by atoms with Gasteiger partial charge < -0.3 is 10.2 Å². The van der Waals surface area contributed by atoms with Crippen LogP contribution in [0.4, 0.5) is 5.00 Å². The summed E-state index contributed by atoms with van der Waals surface area (Å²) in [4.78, 5) is 2.48. The molecule has 3 heteroatoms. The summed E-state index contributed by atoms with van der Waals surface area (Å²) in [6.07, 6.45) is 0. The van der Waals surface area contributed by atoms with Gasteiger partial charge in [0, 0.05) is 19.6 Å². The summed E-state index contributed by atoms with van der Waals surface area (Å²) >= 11 is 1.84. The first kappa shape index (κ1) is 9.03. The summed E-state index contributed by atoms with van der Waals surface area (Å²) < 4.78 is 0. The molecule has 0 aromatic carbocycles. The smallest absolute Gasteiger partial charge is 0.0908 e. The van der Waals surface area contributed by atoms with Gasteiger partial charge in [-0.25, -0.2) is 0 Å². The van der Waals surface area contributed by atoms with Crippen LogP contribution in [0.3, 0.4) is 0 Å². The van der Waals surface area contributed by atoms with Gasteiger partial charge in [-0.15, -0.1) is 11.3 Å². The third-order valence-electron chi connectivity index (χ3n) is 2.40. The standard InChI is InChI=1S/C10H16N2S/c1-9-7-11-4-5-12(8-9)10-3-2-6-13-10/h2-3,6,9,11H,4-5,7-8H2,1H3. The first-order valence-corrected chi connectivity index (χ1v) is 5.73. The topological polar surface area (TPSA) is 15.3 Å². The van der Waals surface area contributed by atoms with Gasteiger partial charge in [-0.1, -0.05) is 6.92 Å². The maximum atomic E-state index is 3.45. The normalized spacial score (nSPS) is 24.4. The second kappa shape index (κ2) is 4.11. The molecule has 2 nitrogen and oxygen atoms in total. The van der Waals surface area contributed by atoms with Crippen LogP contribution in [-0.2, 0) is 0 Å². The molecule has 1 aliphatic heterocycles. The predicted octanol–water partition coefficient (Wildman–Crippen LogP) is 1.79. The fourth-order valence-electron chi connectivity index (χ4n) is 1.74. The quantitative estimate of drug-likeness (QED) is 0.736. The van der Waals surface area contributed by atoms with Crippen molar-refractivity contribution < 1.29 is 0 Å². The van der Waals surface area contributed by atoms with Gasteiger partial charge in [-0.2, -0.15) is 0 Å². The van der Waals surface area contributed by atoms with E-state index < -0.39 is 0 Å². The van der Waals surface area contributed by atoms with Crippen LogP contribution in [-0.4, -0.2) is 26.2 Å². The van der Waals surface area contributed by atoms with Crippen LogP contribution in [0.25, 0.3) is 0 Å². The van der Waals surface area contributed by atoms with Crippen molar-refractivity contribution in [2.75, 3.05) is 31.1 Å². The summed E-state index contributed by atoms with van der Waals surface area (Å²) in [5.74, 6) is 0.754. The molecule has 1 aromatic rings. The van der Waals surface area contributed by atoms with Gasteiger partial charge in [0.1, 0.15) is 0 Å². The molecule has 0 bridgehead atoms. The lowest BCUT2D eigenvalue weighted by Gasteiger charge is -2.22. The third-order valence-corrected chi connectivity index (χ3v) is 3.33. The first-order valence-electron chi connectivity index (χ1n) is 4.85. The predicted molar refractivity (Wildman–Crippen MR) is 58.6 cm³/mol. The highest BCUT2D eigenvalue weighted by Crippen LogP contribution is 2.22. The van der Waals surface area contributed by atoms with E-state index in [-0.39, 0.29) is 0 Å². The Morgan fingerprint density at radius 2 is 2.54 bits per heavy atom. The van der Waals surface area contributed by atoms with Gasteiger partial charge in [0.25, 0.3) is 0 Å². The van der Waals surface area contributed by atoms with Crippen LogP contribution in [0.5, 0.6) is 0 Å². The van der Waals surface area contributed by atoms with E-state index in [0.717, 1.165) is 25.6 Å². The minimum Gasteiger partial charge on any atom is -0.362 e. The molecule has 1 fully saturated rings. The van der Waals surface area contributed by atoms with Crippen LogP contribution < -0.4 is 10.2 Å². The van der Waals surface area contributed by atoms with Crippen LogP contribution in [0.2, 0.25) is 0 Å². The van der Waals surface area contributed by atoms with E-state index in [0.29, 0.717) is 0 Å². The van der Waals surface area contributed by atoms with E-state index in [2.05, 4.69) is 34.7 Å². The Labute approximate surface area is 83.6 Å². The summed E-state index contributed by atoms with van der Waals surface area (Å²) in [5.41, 5.74) is 0. The Hall–Kier alpha value is -0.540. The lowest BCUT2D eigenvalue weighted by atomic mass is 10.2. The van der Waals surface area contributed by atoms with Crippen molar-refractivity contribution in [1.29, 1.82) is 0 Å². The average Bonchev–Trinajstić information content (AvgIpc) is 2.56. The summed E-state index contributed by atoms with van der Waals surface area (Å²) in [7, 11) is 0. The third kappa shape index (κ3) is 2.23. The van der Waals surface area contributed by atoms with E-state index >= 15 is 0 Å². The summed E-state index contributed by atoms with van der Waals surface area (Å²) in [5, 5.41) is 7.02. The van der Waals surface area contributed by atoms with E-state index in [9.17, 15) is 0 Å². The van der Waals surface area contributed by atoms with Crippen molar-refractivity contribution in [3.05, 3.63) is 17.5 Å². The number of anilines is 1. The van der Waals surface area contributed by atoms with Gasteiger partial charge in [0.15, 0.2) is 0 Å². The minimum absolute atomic E-state index is 0.754. The van der Waals surface area contributed by atoms with Crippen molar-refractivity contribution in [3.8, 4) is 0 Å². The summed E-state index contributed by atoms with van der Waals surface area (Å²) in [6, 6.07) is 4.34. The highest BCUT2D eigenvalue weighted by Gasteiger charge is 2.14. The zero-order chi connectivity index (χ0) is 9.10. The highest BCUT2D eigenvalue weighted by atomic mass is 32.1. The Morgan fingerprint density at radius 3 is 3.31 bits per heavy atom. The second-order valence-corrected chi connectivity index (χ2v) is 4.63. The van der Waals surface area contributed by atoms with Gasteiger partial charge in [0.05, 0.1) is 5.00 Å². The zero-order valence-corrected chi connectivity index (χ0v) is 8.81. The molecule has 72 valence electrons. The van der Waals surface area contributed by atoms with Crippen molar-refractivity contribution in [2.45, 2.75) is 6.92 Å². The number of hydrogen-bond acceptors (Lipinski definition) is 3. The molecule has 0 saturated carbocycles. The van der Waals surface area contributed by atoms with Gasteiger partial charge >= 0.3 is 0 Å². The largest absolute Gasteiger partial charge is 0.362 e. The van der Waals surface area contributed by atoms with E-state index in [1.807, 2.05) is 11.3 Å². The molecule has 13 heavy (non-hydrogen) atoms. The zero-order valence-electron chi connectivity index (χ0n) is 7.99. The molecule has 1 N–H and O–H groups in total. The van der Waals surface area contributed by atoms with Crippen LogP contribution in [0.15, 0.2) is 17.5 Å². The maximum Gasteiger partial charge on any atom is 0.0908 e. The monoisotopic (exact) mass is 196 g/mol. The minimum atomic E-state index is 0.754. The molecular formula is C10H16N2S. The fraction of sp³-hybridized carbons (Fsp3) is 0.600. The van der Waals surface area contributed by atoms with E-state index in [1.54, 1.807) is 0 Å². The van der Waals surface area contributed by atoms with Crippen molar-refractivity contribution >= 4 is 16.3 Å². The van der Waals surface area contributed by atoms with Crippen molar-refractivity contribution in [1.82, 2.24) is 5.32 Å². The molecule has 0 amide bonds. The fourth-order valence-corrected chi connectivity index (χ4v) is 2.51. The summed E-state index contributed by atoms with van der Waals surface area (Å²) in [6.45, 7) is 6.90. The van der Waals surface area contributed by atoms with Gasteiger partial charge in [-0.3, -0.25) is 0 Å². The molecule has 1 aromatic heterocycles. The van der Waals surface area contributed by atoms with Gasteiger partial charge in [0.2, 0.25) is 0 Å². The average molecular weight is 196 g/mol. The molecule has 1 saturated heterocycles. The van der Waals surface area contributed by atoms with Crippen molar-refractivity contribution in [2.24, 2.45) is 5.92 Å². The first-order chi connectivity index (χ1) is 6.36. The van der Waals surface area contributed by atoms with Crippen LogP contribution in [0.1, 0.15) is 6.92 Å². The Balaban J connectivity index is 2.05. The lowest BCUT2D eigenvalue weighted by Crippen LogP contribution is -2.28. The van der Waals surface area contributed by atoms with Crippen LogP contribution >= 0.6 is 11.3 Å². The molecule has 2 heterocycles. The van der Waals surface area contributed by atoms with E-state index in [1.165, 1.54) is 11.5 Å². The molecule has 0 aliphatic carbocycles. The van der Waals surface area contributed by atoms with Gasteiger partial charge in [-0.05, 0) is 30.0 Å². The molecule has 0 spiro atoms. The lowest BCUT2D eigenvalue weighted by molar-refractivity contribution is 0.564. The molecule has 0 radical (unpaired) electrons. The van der Waals surface area contributed by atoms with E-state index in [4.69, 9.17) is 0 Å². The number of nitrogens with zero attached hydrogens (tertiary/aromatic N) is 1. The number of thiophene rings is 1. The SMILES string of the molecule is CC1CNCCN(c2cccs2)C1. The highest BCUT2D eigenvalue weighted by molar-refractivity contribution is 7.14. The molecule has 2 rings (SSSR count). The maximum absolute atomic E-state index is 3.45. The van der Waals surface area contributed by atoms with Crippen LogP contribution in [0, 0.1) is 5.92 Å². The second-order valence-electron chi connectivity index (χ2n) is 3.71. The number of rotatable bonds is 1. The number of nitrogens with one attached hydrogen (secondary N) is 1. The van der Waals surface area contributed by atoms with Crippen molar-refractivity contribution in [3.63, 3.8) is 0 Å². The Morgan fingerprint density at radius 1 is 1.62 bits per heavy atom. The Kier molecular flexibility index (Phi) is 2.86. The molecule has 1 atom stereocenters. The molecular weight excluding hydrogens is 180 g/mol. The molecule has 1 unspecified atom stereocenters. The Bertz CT molecular complexity index is 245.